The van der Waals surface area contributed by atoms with Gasteiger partial charge in [-0.2, -0.15) is 5.26 Å². The lowest BCUT2D eigenvalue weighted by Gasteiger charge is -2.10. The maximum absolute atomic E-state index is 13.1. The van der Waals surface area contributed by atoms with Gasteiger partial charge in [0.05, 0.1) is 5.56 Å². The summed E-state index contributed by atoms with van der Waals surface area (Å²) in [6, 6.07) is 6.09. The van der Waals surface area contributed by atoms with E-state index in [9.17, 15) is 4.39 Å². The van der Waals surface area contributed by atoms with Gasteiger partial charge < -0.3 is 5.73 Å². The van der Waals surface area contributed by atoms with Crippen molar-refractivity contribution >= 4 is 0 Å². The Labute approximate surface area is 76.8 Å². The van der Waals surface area contributed by atoms with Crippen molar-refractivity contribution in [2.45, 2.75) is 19.4 Å². The zero-order valence-corrected chi connectivity index (χ0v) is 7.42. The Morgan fingerprint density at radius 1 is 1.62 bits per heavy atom. The van der Waals surface area contributed by atoms with E-state index in [-0.39, 0.29) is 11.6 Å². The van der Waals surface area contributed by atoms with Crippen LogP contribution < -0.4 is 5.73 Å². The number of nitriles is 1. The molecule has 0 saturated heterocycles. The van der Waals surface area contributed by atoms with Crippen LogP contribution in [0.5, 0.6) is 0 Å². The Morgan fingerprint density at radius 2 is 2.31 bits per heavy atom. The van der Waals surface area contributed by atoms with E-state index in [4.69, 9.17) is 11.0 Å². The molecule has 3 heteroatoms. The van der Waals surface area contributed by atoms with E-state index in [0.29, 0.717) is 12.0 Å². The molecule has 13 heavy (non-hydrogen) atoms. The quantitative estimate of drug-likeness (QED) is 0.754. The summed E-state index contributed by atoms with van der Waals surface area (Å²) >= 11 is 0. The third-order valence-electron chi connectivity index (χ3n) is 2.00. The molecule has 0 bridgehead atoms. The Kier molecular flexibility index (Phi) is 2.99. The molecule has 0 amide bonds. The molecule has 0 aliphatic heterocycles. The minimum atomic E-state index is -0.496. The van der Waals surface area contributed by atoms with Gasteiger partial charge in [0.25, 0.3) is 0 Å². The summed E-state index contributed by atoms with van der Waals surface area (Å²) in [6.45, 7) is 1.90. The van der Waals surface area contributed by atoms with Crippen LogP contribution >= 0.6 is 0 Å². The minimum Gasteiger partial charge on any atom is -0.324 e. The number of hydrogen-bond acceptors (Lipinski definition) is 2. The molecule has 0 heterocycles. The molecular formula is C10H11FN2. The molecule has 0 spiro atoms. The molecule has 2 nitrogen and oxygen atoms in total. The lowest BCUT2D eigenvalue weighted by atomic mass is 9.99. The van der Waals surface area contributed by atoms with E-state index in [1.165, 1.54) is 6.07 Å². The minimum absolute atomic E-state index is 0.0665. The summed E-state index contributed by atoms with van der Waals surface area (Å²) < 4.78 is 13.1. The third-order valence-corrected chi connectivity index (χ3v) is 2.00. The Balaban J connectivity index is 3.22. The smallest absolute Gasteiger partial charge is 0.141 e. The fraction of sp³-hybridized carbons (Fsp3) is 0.300. The first-order valence-corrected chi connectivity index (χ1v) is 4.14. The number of nitrogens with zero attached hydrogens (tertiary/aromatic N) is 1. The SMILES string of the molecule is CC[C@@H](N)c1cccc(F)c1C#N. The second kappa shape index (κ2) is 4.01. The van der Waals surface area contributed by atoms with Crippen molar-refractivity contribution < 1.29 is 4.39 Å². The van der Waals surface area contributed by atoms with Gasteiger partial charge in [-0.25, -0.2) is 4.39 Å². The first-order valence-electron chi connectivity index (χ1n) is 4.14. The molecule has 0 aliphatic carbocycles. The molecule has 2 N–H and O–H groups in total. The van der Waals surface area contributed by atoms with Crippen molar-refractivity contribution in [3.63, 3.8) is 0 Å². The average Bonchev–Trinajstić information content (AvgIpc) is 2.16. The van der Waals surface area contributed by atoms with Gasteiger partial charge in [-0.1, -0.05) is 19.1 Å². The third kappa shape index (κ3) is 1.85. The highest BCUT2D eigenvalue weighted by atomic mass is 19.1. The molecule has 68 valence electrons. The van der Waals surface area contributed by atoms with Crippen LogP contribution in [-0.2, 0) is 0 Å². The van der Waals surface area contributed by atoms with Gasteiger partial charge in [0.15, 0.2) is 0 Å². The van der Waals surface area contributed by atoms with Crippen molar-refractivity contribution in [2.24, 2.45) is 5.73 Å². The van der Waals surface area contributed by atoms with E-state index in [1.807, 2.05) is 13.0 Å². The standard InChI is InChI=1S/C10H11FN2/c1-2-10(13)7-4-3-5-9(11)8(7)6-12/h3-5,10H,2,13H2,1H3/t10-/m1/s1. The van der Waals surface area contributed by atoms with Crippen LogP contribution in [0.25, 0.3) is 0 Å². The zero-order valence-electron chi connectivity index (χ0n) is 7.42. The largest absolute Gasteiger partial charge is 0.324 e. The maximum Gasteiger partial charge on any atom is 0.141 e. The number of hydrogen-bond donors (Lipinski definition) is 1. The first kappa shape index (κ1) is 9.69. The molecule has 1 aromatic carbocycles. The predicted molar refractivity (Wildman–Crippen MR) is 48.3 cm³/mol. The van der Waals surface area contributed by atoms with Crippen LogP contribution in [0.15, 0.2) is 18.2 Å². The summed E-state index contributed by atoms with van der Waals surface area (Å²) in [6.07, 6.45) is 0.693. The van der Waals surface area contributed by atoms with Crippen molar-refractivity contribution in [1.82, 2.24) is 0 Å². The number of benzene rings is 1. The summed E-state index contributed by atoms with van der Waals surface area (Å²) in [5.41, 5.74) is 6.38. The molecule has 1 atom stereocenters. The highest BCUT2D eigenvalue weighted by Crippen LogP contribution is 2.20. The summed E-state index contributed by atoms with van der Waals surface area (Å²) in [4.78, 5) is 0. The summed E-state index contributed by atoms with van der Waals surface area (Å²) in [7, 11) is 0. The lowest BCUT2D eigenvalue weighted by molar-refractivity contribution is 0.611. The number of nitrogens with two attached hydrogens (primary N) is 1. The normalized spacial score (nSPS) is 12.2. The van der Waals surface area contributed by atoms with Gasteiger partial charge in [-0.15, -0.1) is 0 Å². The molecule has 1 rings (SSSR count). The van der Waals surface area contributed by atoms with E-state index >= 15 is 0 Å². The topological polar surface area (TPSA) is 49.8 Å². The van der Waals surface area contributed by atoms with E-state index in [0.717, 1.165) is 0 Å². The molecule has 0 aromatic heterocycles. The van der Waals surface area contributed by atoms with Crippen molar-refractivity contribution in [3.05, 3.63) is 35.1 Å². The average molecular weight is 178 g/mol. The second-order valence-electron chi connectivity index (χ2n) is 2.83. The summed E-state index contributed by atoms with van der Waals surface area (Å²) in [5, 5.41) is 8.70. The molecule has 0 radical (unpaired) electrons. The first-order chi connectivity index (χ1) is 6.20. The van der Waals surface area contributed by atoms with E-state index in [2.05, 4.69) is 0 Å². The van der Waals surface area contributed by atoms with Crippen LogP contribution in [0.4, 0.5) is 4.39 Å². The Bertz CT molecular complexity index is 341. The molecule has 0 saturated carbocycles. The van der Waals surface area contributed by atoms with Crippen molar-refractivity contribution in [1.29, 1.82) is 5.26 Å². The molecule has 0 unspecified atom stereocenters. The van der Waals surface area contributed by atoms with Crippen molar-refractivity contribution in [2.75, 3.05) is 0 Å². The lowest BCUT2D eigenvalue weighted by Crippen LogP contribution is -2.11. The van der Waals surface area contributed by atoms with Gasteiger partial charge >= 0.3 is 0 Å². The van der Waals surface area contributed by atoms with Crippen molar-refractivity contribution in [3.8, 4) is 6.07 Å². The van der Waals surface area contributed by atoms with Gasteiger partial charge in [0, 0.05) is 6.04 Å². The maximum atomic E-state index is 13.1. The molecule has 0 fully saturated rings. The molecular weight excluding hydrogens is 167 g/mol. The van der Waals surface area contributed by atoms with E-state index < -0.39 is 5.82 Å². The molecule has 1 aromatic rings. The van der Waals surface area contributed by atoms with Gasteiger partial charge in [0.2, 0.25) is 0 Å². The van der Waals surface area contributed by atoms with Crippen LogP contribution in [0, 0.1) is 17.1 Å². The van der Waals surface area contributed by atoms with Gasteiger partial charge in [-0.05, 0) is 18.1 Å². The molecule has 0 aliphatic rings. The second-order valence-corrected chi connectivity index (χ2v) is 2.83. The predicted octanol–water partition coefficient (Wildman–Crippen LogP) is 2.11. The van der Waals surface area contributed by atoms with Crippen LogP contribution in [0.2, 0.25) is 0 Å². The highest BCUT2D eigenvalue weighted by Gasteiger charge is 2.12. The fourth-order valence-electron chi connectivity index (χ4n) is 1.19. The monoisotopic (exact) mass is 178 g/mol. The number of rotatable bonds is 2. The van der Waals surface area contributed by atoms with E-state index in [1.54, 1.807) is 12.1 Å². The zero-order chi connectivity index (χ0) is 9.84. The van der Waals surface area contributed by atoms with Crippen LogP contribution in [0.3, 0.4) is 0 Å². The summed E-state index contributed by atoms with van der Waals surface area (Å²) in [5.74, 6) is -0.496. The fourth-order valence-corrected chi connectivity index (χ4v) is 1.19. The van der Waals surface area contributed by atoms with Gasteiger partial charge in [-0.3, -0.25) is 0 Å². The van der Waals surface area contributed by atoms with Crippen LogP contribution in [-0.4, -0.2) is 0 Å². The van der Waals surface area contributed by atoms with Crippen LogP contribution in [0.1, 0.15) is 30.5 Å². The Hall–Kier alpha value is -1.40. The number of halogens is 1. The Morgan fingerprint density at radius 3 is 2.85 bits per heavy atom. The highest BCUT2D eigenvalue weighted by molar-refractivity contribution is 5.40. The van der Waals surface area contributed by atoms with Gasteiger partial charge in [0.1, 0.15) is 11.9 Å².